The molecule has 0 saturated carbocycles. The summed E-state index contributed by atoms with van der Waals surface area (Å²) in [6.07, 6.45) is 3.26. The molecule has 4 aromatic rings. The van der Waals surface area contributed by atoms with Crippen LogP contribution in [-0.2, 0) is 37.9 Å². The molecule has 2 heterocycles. The van der Waals surface area contributed by atoms with E-state index in [-0.39, 0.29) is 10.7 Å². The molecule has 0 bridgehead atoms. The minimum Gasteiger partial charge on any atom is -0.440 e. The molecule has 9 heteroatoms. The fourth-order valence-corrected chi connectivity index (χ4v) is 5.58. The lowest BCUT2D eigenvalue weighted by Crippen LogP contribution is -2.35. The van der Waals surface area contributed by atoms with Gasteiger partial charge in [0.2, 0.25) is 10.0 Å². The fraction of sp³-hybridized carbons (Fsp3) is 0.300. The first kappa shape index (κ1) is 27.2. The lowest BCUT2D eigenvalue weighted by molar-refractivity contribution is -0.0949. The number of aryl methyl sites for hydroxylation is 2. The van der Waals surface area contributed by atoms with E-state index in [1.54, 1.807) is 31.4 Å². The number of ether oxygens (including phenoxy) is 2. The highest BCUT2D eigenvalue weighted by Gasteiger charge is 2.35. The topological polar surface area (TPSA) is 105 Å². The molecule has 39 heavy (non-hydrogen) atoms. The van der Waals surface area contributed by atoms with Crippen LogP contribution in [0.1, 0.15) is 36.3 Å². The number of hydrogen-bond donors (Lipinski definition) is 1. The maximum absolute atomic E-state index is 14.6. The summed E-state index contributed by atoms with van der Waals surface area (Å²) in [7, 11) is -2.13. The van der Waals surface area contributed by atoms with Crippen LogP contribution < -0.4 is 5.14 Å². The SMILES string of the molecule is COC1(c2cc(F)cc(CCCc3nc(-c4ccccc4)c(-c4ccc(S(N)(=O)=O)cc4)o3)c2)CCOCC1. The quantitative estimate of drug-likeness (QED) is 0.290. The van der Waals surface area contributed by atoms with E-state index in [2.05, 4.69) is 0 Å². The summed E-state index contributed by atoms with van der Waals surface area (Å²) in [5, 5.41) is 5.25. The van der Waals surface area contributed by atoms with Gasteiger partial charge >= 0.3 is 0 Å². The van der Waals surface area contributed by atoms with Crippen molar-refractivity contribution in [2.45, 2.75) is 42.6 Å². The highest BCUT2D eigenvalue weighted by Crippen LogP contribution is 2.37. The summed E-state index contributed by atoms with van der Waals surface area (Å²) in [6, 6.07) is 21.0. The van der Waals surface area contributed by atoms with E-state index in [4.69, 9.17) is 24.0 Å². The summed E-state index contributed by atoms with van der Waals surface area (Å²) in [4.78, 5) is 4.80. The number of hydrogen-bond acceptors (Lipinski definition) is 6. The first-order valence-corrected chi connectivity index (χ1v) is 14.4. The van der Waals surface area contributed by atoms with Gasteiger partial charge in [0.05, 0.1) is 10.5 Å². The second-order valence-corrected chi connectivity index (χ2v) is 11.3. The van der Waals surface area contributed by atoms with E-state index in [0.29, 0.717) is 68.2 Å². The van der Waals surface area contributed by atoms with E-state index in [1.807, 2.05) is 36.4 Å². The van der Waals surface area contributed by atoms with E-state index < -0.39 is 15.6 Å². The van der Waals surface area contributed by atoms with Gasteiger partial charge in [-0.15, -0.1) is 0 Å². The number of benzene rings is 3. The minimum atomic E-state index is -3.80. The van der Waals surface area contributed by atoms with Crippen LogP contribution in [0.3, 0.4) is 0 Å². The summed E-state index contributed by atoms with van der Waals surface area (Å²) in [5.41, 5.74) is 3.45. The Kier molecular flexibility index (Phi) is 7.95. The maximum atomic E-state index is 14.6. The average Bonchev–Trinajstić information content (AvgIpc) is 3.37. The van der Waals surface area contributed by atoms with Gasteiger partial charge in [-0.25, -0.2) is 22.9 Å². The summed E-state index contributed by atoms with van der Waals surface area (Å²) in [5.74, 6) is 0.818. The Balaban J connectivity index is 1.37. The molecule has 0 unspecified atom stereocenters. The van der Waals surface area contributed by atoms with Gasteiger partial charge in [0.15, 0.2) is 11.7 Å². The molecule has 0 atom stereocenters. The van der Waals surface area contributed by atoms with Crippen molar-refractivity contribution in [1.82, 2.24) is 4.98 Å². The van der Waals surface area contributed by atoms with E-state index in [1.165, 1.54) is 12.1 Å². The second-order valence-electron chi connectivity index (χ2n) is 9.73. The number of rotatable bonds is 9. The molecular weight excluding hydrogens is 519 g/mol. The number of nitrogens with zero attached hydrogens (tertiary/aromatic N) is 1. The van der Waals surface area contributed by atoms with E-state index in [9.17, 15) is 12.8 Å². The molecule has 1 aliphatic heterocycles. The molecule has 1 saturated heterocycles. The van der Waals surface area contributed by atoms with Gasteiger partial charge in [-0.05, 0) is 60.4 Å². The molecule has 1 aromatic heterocycles. The largest absolute Gasteiger partial charge is 0.440 e. The Hall–Kier alpha value is -3.37. The van der Waals surface area contributed by atoms with Crippen molar-refractivity contribution >= 4 is 10.0 Å². The predicted octanol–water partition coefficient (Wildman–Crippen LogP) is 5.62. The van der Waals surface area contributed by atoms with Crippen LogP contribution in [0.25, 0.3) is 22.6 Å². The third kappa shape index (κ3) is 6.12. The zero-order valence-electron chi connectivity index (χ0n) is 21.7. The molecular formula is C30H31FN2O5S. The van der Waals surface area contributed by atoms with Crippen LogP contribution in [0.5, 0.6) is 0 Å². The number of methoxy groups -OCH3 is 1. The molecule has 1 aliphatic rings. The second kappa shape index (κ2) is 11.4. The molecule has 204 valence electrons. The number of primary sulfonamides is 1. The number of halogens is 1. The predicted molar refractivity (Wildman–Crippen MR) is 146 cm³/mol. The number of sulfonamides is 1. The molecule has 5 rings (SSSR count). The van der Waals surface area contributed by atoms with Crippen molar-refractivity contribution in [3.05, 3.63) is 95.6 Å². The smallest absolute Gasteiger partial charge is 0.238 e. The molecule has 2 N–H and O–H groups in total. The van der Waals surface area contributed by atoms with Crippen molar-refractivity contribution in [3.8, 4) is 22.6 Å². The molecule has 0 radical (unpaired) electrons. The van der Waals surface area contributed by atoms with Crippen LogP contribution in [0, 0.1) is 5.82 Å². The lowest BCUT2D eigenvalue weighted by atomic mass is 9.85. The Labute approximate surface area is 227 Å². The third-order valence-electron chi connectivity index (χ3n) is 7.19. The molecule has 3 aromatic carbocycles. The average molecular weight is 551 g/mol. The number of aromatic nitrogens is 1. The number of oxazole rings is 1. The Bertz CT molecular complexity index is 1530. The van der Waals surface area contributed by atoms with Gasteiger partial charge in [-0.1, -0.05) is 36.4 Å². The van der Waals surface area contributed by atoms with Crippen LogP contribution >= 0.6 is 0 Å². The van der Waals surface area contributed by atoms with Gasteiger partial charge in [-0.2, -0.15) is 0 Å². The zero-order valence-corrected chi connectivity index (χ0v) is 22.5. The van der Waals surface area contributed by atoms with Gasteiger partial charge < -0.3 is 13.9 Å². The first-order chi connectivity index (χ1) is 18.8. The molecule has 0 aliphatic carbocycles. The van der Waals surface area contributed by atoms with Crippen molar-refractivity contribution in [2.75, 3.05) is 20.3 Å². The van der Waals surface area contributed by atoms with E-state index >= 15 is 0 Å². The molecule has 1 fully saturated rings. The summed E-state index contributed by atoms with van der Waals surface area (Å²) in [6.45, 7) is 1.17. The highest BCUT2D eigenvalue weighted by molar-refractivity contribution is 7.89. The van der Waals surface area contributed by atoms with Gasteiger partial charge in [0.1, 0.15) is 11.5 Å². The Morgan fingerprint density at radius 1 is 0.974 bits per heavy atom. The highest BCUT2D eigenvalue weighted by atomic mass is 32.2. The van der Waals surface area contributed by atoms with Crippen molar-refractivity contribution in [1.29, 1.82) is 0 Å². The maximum Gasteiger partial charge on any atom is 0.238 e. The number of nitrogens with two attached hydrogens (primary N) is 1. The van der Waals surface area contributed by atoms with Gasteiger partial charge in [0.25, 0.3) is 0 Å². The van der Waals surface area contributed by atoms with Gasteiger partial charge in [0, 0.05) is 50.7 Å². The monoisotopic (exact) mass is 550 g/mol. The summed E-state index contributed by atoms with van der Waals surface area (Å²) >= 11 is 0. The van der Waals surface area contributed by atoms with Crippen LogP contribution in [0.15, 0.2) is 82.1 Å². The molecule has 0 amide bonds. The van der Waals surface area contributed by atoms with Crippen LogP contribution in [-0.4, -0.2) is 33.7 Å². The van der Waals surface area contributed by atoms with Crippen molar-refractivity contribution in [2.24, 2.45) is 5.14 Å². The Morgan fingerprint density at radius 3 is 2.36 bits per heavy atom. The van der Waals surface area contributed by atoms with Crippen molar-refractivity contribution in [3.63, 3.8) is 0 Å². The van der Waals surface area contributed by atoms with Crippen molar-refractivity contribution < 1.29 is 26.7 Å². The Morgan fingerprint density at radius 2 is 1.69 bits per heavy atom. The molecule has 7 nitrogen and oxygen atoms in total. The standard InChI is InChI=1S/C30H31FN2O5S/c1-36-30(14-16-37-17-15-30)24-18-21(19-25(31)20-24)6-5-9-27-33-28(22-7-3-2-4-8-22)29(38-27)23-10-12-26(13-11-23)39(32,34)35/h2-4,7-8,10-13,18-20H,5-6,9,14-17H2,1H3,(H2,32,34,35). The first-order valence-electron chi connectivity index (χ1n) is 12.9. The third-order valence-corrected chi connectivity index (χ3v) is 8.12. The normalized spacial score (nSPS) is 15.4. The fourth-order valence-electron chi connectivity index (χ4n) is 5.07. The zero-order chi connectivity index (χ0) is 27.5. The van der Waals surface area contributed by atoms with E-state index in [0.717, 1.165) is 16.7 Å². The minimum absolute atomic E-state index is 0.0257. The summed E-state index contributed by atoms with van der Waals surface area (Å²) < 4.78 is 55.5. The van der Waals surface area contributed by atoms with Crippen LogP contribution in [0.2, 0.25) is 0 Å². The lowest BCUT2D eigenvalue weighted by Gasteiger charge is -2.36. The van der Waals surface area contributed by atoms with Gasteiger partial charge in [-0.3, -0.25) is 0 Å². The molecule has 0 spiro atoms. The van der Waals surface area contributed by atoms with Crippen LogP contribution in [0.4, 0.5) is 4.39 Å².